The lowest BCUT2D eigenvalue weighted by Crippen LogP contribution is -2.12. The minimum atomic E-state index is -0.381. The van der Waals surface area contributed by atoms with E-state index in [4.69, 9.17) is 20.8 Å². The normalized spacial score (nSPS) is 10.7. The summed E-state index contributed by atoms with van der Waals surface area (Å²) < 4.78 is 23.8. The van der Waals surface area contributed by atoms with E-state index in [-0.39, 0.29) is 10.8 Å². The number of halogens is 2. The van der Waals surface area contributed by atoms with E-state index in [9.17, 15) is 4.39 Å². The molecule has 0 atom stereocenters. The summed E-state index contributed by atoms with van der Waals surface area (Å²) in [6.07, 6.45) is 1.62. The highest BCUT2D eigenvalue weighted by atomic mass is 35.5. The average molecular weight is 284 g/mol. The largest absolute Gasteiger partial charge is 0.487 e. The Morgan fingerprint density at radius 3 is 2.95 bits per heavy atom. The molecule has 0 saturated heterocycles. The van der Waals surface area contributed by atoms with Crippen LogP contribution in [0.4, 0.5) is 4.39 Å². The van der Waals surface area contributed by atoms with Gasteiger partial charge in [0.25, 0.3) is 0 Å². The lowest BCUT2D eigenvalue weighted by atomic mass is 10.2. The van der Waals surface area contributed by atoms with Gasteiger partial charge in [0.05, 0.1) is 17.8 Å². The van der Waals surface area contributed by atoms with E-state index in [1.165, 1.54) is 18.2 Å². The van der Waals surface area contributed by atoms with Gasteiger partial charge < -0.3 is 14.5 Å². The molecule has 102 valence electrons. The topological polar surface area (TPSA) is 34.4 Å². The van der Waals surface area contributed by atoms with E-state index in [0.717, 1.165) is 17.9 Å². The summed E-state index contributed by atoms with van der Waals surface area (Å²) in [6, 6.07) is 5.91. The second kappa shape index (κ2) is 6.59. The van der Waals surface area contributed by atoms with Crippen molar-refractivity contribution in [3.8, 4) is 5.75 Å². The Morgan fingerprint density at radius 2 is 2.21 bits per heavy atom. The van der Waals surface area contributed by atoms with Crippen molar-refractivity contribution >= 4 is 11.6 Å². The van der Waals surface area contributed by atoms with E-state index in [1.54, 1.807) is 6.26 Å². The van der Waals surface area contributed by atoms with E-state index in [0.29, 0.717) is 18.9 Å². The number of nitrogens with one attached hydrogen (secondary N) is 1. The van der Waals surface area contributed by atoms with Crippen LogP contribution in [0, 0.1) is 5.82 Å². The SMILES string of the molecule is CCNCc1occc1COc1ccc(F)cc1Cl. The Hall–Kier alpha value is -1.52. The third-order valence-corrected chi connectivity index (χ3v) is 2.95. The van der Waals surface area contributed by atoms with Crippen LogP contribution in [0.5, 0.6) is 5.75 Å². The van der Waals surface area contributed by atoms with Gasteiger partial charge in [-0.3, -0.25) is 0 Å². The van der Waals surface area contributed by atoms with Crippen molar-refractivity contribution in [1.29, 1.82) is 0 Å². The predicted octanol–water partition coefficient (Wildman–Crippen LogP) is 3.76. The van der Waals surface area contributed by atoms with Crippen LogP contribution in [0.2, 0.25) is 5.02 Å². The number of furan rings is 1. The number of benzene rings is 1. The first-order valence-corrected chi connectivity index (χ1v) is 6.42. The van der Waals surface area contributed by atoms with Crippen LogP contribution in [0.1, 0.15) is 18.2 Å². The molecule has 0 bridgehead atoms. The molecule has 3 nitrogen and oxygen atoms in total. The standard InChI is InChI=1S/C14H15ClFNO2/c1-2-17-8-14-10(5-6-18-14)9-19-13-4-3-11(16)7-12(13)15/h3-7,17H,2,8-9H2,1H3. The van der Waals surface area contributed by atoms with Gasteiger partial charge in [-0.25, -0.2) is 4.39 Å². The van der Waals surface area contributed by atoms with Crippen molar-refractivity contribution in [2.24, 2.45) is 0 Å². The van der Waals surface area contributed by atoms with Gasteiger partial charge in [-0.2, -0.15) is 0 Å². The van der Waals surface area contributed by atoms with Gasteiger partial charge in [0, 0.05) is 5.56 Å². The van der Waals surface area contributed by atoms with Crippen LogP contribution < -0.4 is 10.1 Å². The Kier molecular flexibility index (Phi) is 4.82. The molecule has 1 heterocycles. The molecule has 0 spiro atoms. The van der Waals surface area contributed by atoms with Crippen molar-refractivity contribution in [3.63, 3.8) is 0 Å². The lowest BCUT2D eigenvalue weighted by Gasteiger charge is -2.08. The Bertz CT molecular complexity index is 542. The molecule has 1 aromatic carbocycles. The van der Waals surface area contributed by atoms with Crippen molar-refractivity contribution in [2.75, 3.05) is 6.54 Å². The van der Waals surface area contributed by atoms with Crippen LogP contribution in [-0.2, 0) is 13.2 Å². The third kappa shape index (κ3) is 3.72. The second-order valence-corrected chi connectivity index (χ2v) is 4.42. The van der Waals surface area contributed by atoms with Crippen molar-refractivity contribution < 1.29 is 13.5 Å². The van der Waals surface area contributed by atoms with Crippen LogP contribution in [-0.4, -0.2) is 6.54 Å². The lowest BCUT2D eigenvalue weighted by molar-refractivity contribution is 0.301. The molecule has 5 heteroatoms. The summed E-state index contributed by atoms with van der Waals surface area (Å²) in [5.41, 5.74) is 0.946. The molecule has 0 aliphatic heterocycles. The monoisotopic (exact) mass is 283 g/mol. The summed E-state index contributed by atoms with van der Waals surface area (Å²) in [4.78, 5) is 0. The van der Waals surface area contributed by atoms with Gasteiger partial charge >= 0.3 is 0 Å². The zero-order valence-corrected chi connectivity index (χ0v) is 11.3. The molecular formula is C14H15ClFNO2. The van der Waals surface area contributed by atoms with Gasteiger partial charge in [-0.15, -0.1) is 0 Å². The molecule has 0 fully saturated rings. The maximum atomic E-state index is 12.9. The first-order valence-electron chi connectivity index (χ1n) is 6.04. The Morgan fingerprint density at radius 1 is 1.37 bits per heavy atom. The fourth-order valence-corrected chi connectivity index (χ4v) is 1.86. The van der Waals surface area contributed by atoms with Crippen LogP contribution in [0.3, 0.4) is 0 Å². The average Bonchev–Trinajstić information content (AvgIpc) is 2.83. The molecule has 0 amide bonds. The fourth-order valence-electron chi connectivity index (χ4n) is 1.64. The highest BCUT2D eigenvalue weighted by Crippen LogP contribution is 2.26. The molecule has 19 heavy (non-hydrogen) atoms. The summed E-state index contributed by atoms with van der Waals surface area (Å²) in [5.74, 6) is 0.909. The van der Waals surface area contributed by atoms with Gasteiger partial charge in [0.2, 0.25) is 0 Å². The van der Waals surface area contributed by atoms with Crippen LogP contribution in [0.15, 0.2) is 34.9 Å². The number of rotatable bonds is 6. The molecule has 1 aromatic heterocycles. The molecule has 2 aromatic rings. The third-order valence-electron chi connectivity index (χ3n) is 2.65. The molecule has 0 radical (unpaired) electrons. The smallest absolute Gasteiger partial charge is 0.138 e. The number of hydrogen-bond acceptors (Lipinski definition) is 3. The molecule has 0 unspecified atom stereocenters. The highest BCUT2D eigenvalue weighted by Gasteiger charge is 2.08. The van der Waals surface area contributed by atoms with E-state index >= 15 is 0 Å². The highest BCUT2D eigenvalue weighted by molar-refractivity contribution is 6.32. The minimum Gasteiger partial charge on any atom is -0.487 e. The number of ether oxygens (including phenoxy) is 1. The molecule has 2 rings (SSSR count). The maximum absolute atomic E-state index is 12.9. The van der Waals surface area contributed by atoms with E-state index in [1.807, 2.05) is 13.0 Å². The molecular weight excluding hydrogens is 269 g/mol. The van der Waals surface area contributed by atoms with Crippen LogP contribution >= 0.6 is 11.6 Å². The van der Waals surface area contributed by atoms with Gasteiger partial charge in [0.1, 0.15) is 23.9 Å². The molecule has 0 aliphatic carbocycles. The first-order chi connectivity index (χ1) is 9.20. The predicted molar refractivity (Wildman–Crippen MR) is 71.8 cm³/mol. The van der Waals surface area contributed by atoms with E-state index < -0.39 is 0 Å². The summed E-state index contributed by atoms with van der Waals surface area (Å²) in [5, 5.41) is 3.44. The van der Waals surface area contributed by atoms with Crippen LogP contribution in [0.25, 0.3) is 0 Å². The molecule has 0 saturated carbocycles. The minimum absolute atomic E-state index is 0.261. The molecule has 1 N–H and O–H groups in total. The fraction of sp³-hybridized carbons (Fsp3) is 0.286. The second-order valence-electron chi connectivity index (χ2n) is 4.01. The summed E-state index contributed by atoms with van der Waals surface area (Å²) in [7, 11) is 0. The molecule has 0 aliphatic rings. The quantitative estimate of drug-likeness (QED) is 0.876. The van der Waals surface area contributed by atoms with Crippen molar-refractivity contribution in [2.45, 2.75) is 20.1 Å². The Labute approximate surface area is 116 Å². The van der Waals surface area contributed by atoms with Gasteiger partial charge in [-0.1, -0.05) is 18.5 Å². The summed E-state index contributed by atoms with van der Waals surface area (Å²) in [6.45, 7) is 3.88. The first kappa shape index (κ1) is 13.9. The Balaban J connectivity index is 2.00. The van der Waals surface area contributed by atoms with E-state index in [2.05, 4.69) is 5.32 Å². The van der Waals surface area contributed by atoms with Crippen molar-refractivity contribution in [3.05, 3.63) is 52.7 Å². The van der Waals surface area contributed by atoms with Gasteiger partial charge in [0.15, 0.2) is 0 Å². The van der Waals surface area contributed by atoms with Gasteiger partial charge in [-0.05, 0) is 30.8 Å². The van der Waals surface area contributed by atoms with Crippen molar-refractivity contribution in [1.82, 2.24) is 5.32 Å². The maximum Gasteiger partial charge on any atom is 0.138 e. The summed E-state index contributed by atoms with van der Waals surface area (Å²) >= 11 is 5.89. The zero-order valence-electron chi connectivity index (χ0n) is 10.6. The number of hydrogen-bond donors (Lipinski definition) is 1. The zero-order chi connectivity index (χ0) is 13.7.